The standard InChI is InChI=1S/C13H21N5O/c14-4-7-17-5-1-6-18(9-8-17)12-3-2-11(10-16-12)13(15)19/h2-3,10H,1,4-9,14H2,(H2,15,19). The van der Waals surface area contributed by atoms with E-state index in [2.05, 4.69) is 14.8 Å². The summed E-state index contributed by atoms with van der Waals surface area (Å²) < 4.78 is 0. The number of amides is 1. The van der Waals surface area contributed by atoms with Crippen LogP contribution in [0.5, 0.6) is 0 Å². The monoisotopic (exact) mass is 263 g/mol. The Labute approximate surface area is 113 Å². The molecule has 1 aliphatic heterocycles. The highest BCUT2D eigenvalue weighted by Crippen LogP contribution is 2.14. The zero-order valence-electron chi connectivity index (χ0n) is 11.1. The summed E-state index contributed by atoms with van der Waals surface area (Å²) in [6, 6.07) is 3.59. The summed E-state index contributed by atoms with van der Waals surface area (Å²) in [5.41, 5.74) is 11.2. The van der Waals surface area contributed by atoms with E-state index in [0.29, 0.717) is 12.1 Å². The maximum absolute atomic E-state index is 11.0. The van der Waals surface area contributed by atoms with Crippen LogP contribution in [0.1, 0.15) is 16.8 Å². The SMILES string of the molecule is NCCN1CCCN(c2ccc(C(N)=O)cn2)CC1. The van der Waals surface area contributed by atoms with Gasteiger partial charge in [-0.05, 0) is 25.1 Å². The van der Waals surface area contributed by atoms with E-state index in [4.69, 9.17) is 11.5 Å². The minimum absolute atomic E-state index is 0.441. The molecule has 1 aliphatic rings. The van der Waals surface area contributed by atoms with Crippen molar-refractivity contribution < 1.29 is 4.79 Å². The number of nitrogens with two attached hydrogens (primary N) is 2. The van der Waals surface area contributed by atoms with Gasteiger partial charge in [0.15, 0.2) is 0 Å². The molecule has 1 saturated heterocycles. The second kappa shape index (κ2) is 6.49. The number of anilines is 1. The van der Waals surface area contributed by atoms with Gasteiger partial charge < -0.3 is 21.3 Å². The van der Waals surface area contributed by atoms with E-state index in [9.17, 15) is 4.79 Å². The number of hydrogen-bond donors (Lipinski definition) is 2. The van der Waals surface area contributed by atoms with Crippen molar-refractivity contribution in [3.63, 3.8) is 0 Å². The fraction of sp³-hybridized carbons (Fsp3) is 0.538. The maximum atomic E-state index is 11.0. The number of primary amides is 1. The van der Waals surface area contributed by atoms with Gasteiger partial charge in [-0.2, -0.15) is 0 Å². The number of aromatic nitrogens is 1. The van der Waals surface area contributed by atoms with Gasteiger partial charge in [-0.1, -0.05) is 0 Å². The molecule has 4 N–H and O–H groups in total. The minimum atomic E-state index is -0.441. The fourth-order valence-corrected chi connectivity index (χ4v) is 2.33. The van der Waals surface area contributed by atoms with Gasteiger partial charge in [-0.3, -0.25) is 4.79 Å². The third-order valence-electron chi connectivity index (χ3n) is 3.39. The van der Waals surface area contributed by atoms with Gasteiger partial charge in [-0.25, -0.2) is 4.98 Å². The highest BCUT2D eigenvalue weighted by Gasteiger charge is 2.15. The molecule has 1 aromatic rings. The van der Waals surface area contributed by atoms with Gasteiger partial charge in [0.1, 0.15) is 5.82 Å². The van der Waals surface area contributed by atoms with E-state index >= 15 is 0 Å². The van der Waals surface area contributed by atoms with Crippen molar-refractivity contribution in [1.29, 1.82) is 0 Å². The Balaban J connectivity index is 1.99. The van der Waals surface area contributed by atoms with E-state index in [-0.39, 0.29) is 0 Å². The molecule has 1 amide bonds. The van der Waals surface area contributed by atoms with Crippen LogP contribution in [-0.2, 0) is 0 Å². The molecule has 104 valence electrons. The first-order chi connectivity index (χ1) is 9.20. The van der Waals surface area contributed by atoms with Crippen LogP contribution < -0.4 is 16.4 Å². The molecule has 2 heterocycles. The number of carbonyl (C=O) groups excluding carboxylic acids is 1. The normalized spacial score (nSPS) is 17.2. The lowest BCUT2D eigenvalue weighted by Gasteiger charge is -2.22. The molecule has 0 unspecified atom stereocenters. The number of hydrogen-bond acceptors (Lipinski definition) is 5. The average Bonchev–Trinajstić information content (AvgIpc) is 2.65. The molecule has 0 bridgehead atoms. The van der Waals surface area contributed by atoms with E-state index in [1.165, 1.54) is 0 Å². The predicted molar refractivity (Wildman–Crippen MR) is 75.1 cm³/mol. The Morgan fingerprint density at radius 2 is 2.11 bits per heavy atom. The summed E-state index contributed by atoms with van der Waals surface area (Å²) in [4.78, 5) is 19.9. The molecule has 0 aliphatic carbocycles. The molecule has 6 heteroatoms. The zero-order valence-corrected chi connectivity index (χ0v) is 11.1. The first-order valence-electron chi connectivity index (χ1n) is 6.64. The van der Waals surface area contributed by atoms with Gasteiger partial charge in [0.2, 0.25) is 5.91 Å². The molecule has 0 spiro atoms. The third kappa shape index (κ3) is 3.65. The lowest BCUT2D eigenvalue weighted by molar-refractivity contribution is 0.1000. The first-order valence-corrected chi connectivity index (χ1v) is 6.64. The van der Waals surface area contributed by atoms with Gasteiger partial charge in [-0.15, -0.1) is 0 Å². The molecule has 1 aromatic heterocycles. The molecule has 0 radical (unpaired) electrons. The van der Waals surface area contributed by atoms with Crippen LogP contribution in [0.3, 0.4) is 0 Å². The van der Waals surface area contributed by atoms with Gasteiger partial charge in [0.05, 0.1) is 5.56 Å². The summed E-state index contributed by atoms with van der Waals surface area (Å²) in [7, 11) is 0. The first kappa shape index (κ1) is 13.8. The second-order valence-corrected chi connectivity index (χ2v) is 4.74. The Morgan fingerprint density at radius 3 is 2.74 bits per heavy atom. The zero-order chi connectivity index (χ0) is 13.7. The molecule has 6 nitrogen and oxygen atoms in total. The van der Waals surface area contributed by atoms with Crippen LogP contribution in [0.2, 0.25) is 0 Å². The van der Waals surface area contributed by atoms with E-state index in [0.717, 1.165) is 45.0 Å². The van der Waals surface area contributed by atoms with Crippen molar-refractivity contribution in [2.45, 2.75) is 6.42 Å². The average molecular weight is 263 g/mol. The minimum Gasteiger partial charge on any atom is -0.366 e. The van der Waals surface area contributed by atoms with Crippen LogP contribution in [0.15, 0.2) is 18.3 Å². The van der Waals surface area contributed by atoms with Crippen molar-refractivity contribution in [1.82, 2.24) is 9.88 Å². The Hall–Kier alpha value is -1.66. The Morgan fingerprint density at radius 1 is 1.26 bits per heavy atom. The van der Waals surface area contributed by atoms with Gasteiger partial charge in [0.25, 0.3) is 0 Å². The largest absolute Gasteiger partial charge is 0.366 e. The number of rotatable bonds is 4. The molecular weight excluding hydrogens is 242 g/mol. The summed E-state index contributed by atoms with van der Waals surface area (Å²) in [6.07, 6.45) is 2.64. The third-order valence-corrected chi connectivity index (χ3v) is 3.39. The van der Waals surface area contributed by atoms with Crippen LogP contribution in [0.25, 0.3) is 0 Å². The van der Waals surface area contributed by atoms with Crippen molar-refractivity contribution in [3.05, 3.63) is 23.9 Å². The highest BCUT2D eigenvalue weighted by molar-refractivity contribution is 5.92. The molecule has 1 fully saturated rings. The van der Waals surface area contributed by atoms with Gasteiger partial charge >= 0.3 is 0 Å². The fourth-order valence-electron chi connectivity index (χ4n) is 2.33. The summed E-state index contributed by atoms with van der Waals surface area (Å²) in [5, 5.41) is 0. The van der Waals surface area contributed by atoms with Crippen molar-refractivity contribution in [2.75, 3.05) is 44.2 Å². The quantitative estimate of drug-likeness (QED) is 0.775. The van der Waals surface area contributed by atoms with Crippen molar-refractivity contribution >= 4 is 11.7 Å². The lowest BCUT2D eigenvalue weighted by Crippen LogP contribution is -2.34. The van der Waals surface area contributed by atoms with Crippen LogP contribution in [0, 0.1) is 0 Å². The van der Waals surface area contributed by atoms with Crippen molar-refractivity contribution in [3.8, 4) is 0 Å². The smallest absolute Gasteiger partial charge is 0.250 e. The summed E-state index contributed by atoms with van der Waals surface area (Å²) in [5.74, 6) is 0.462. The van der Waals surface area contributed by atoms with E-state index < -0.39 is 5.91 Å². The topological polar surface area (TPSA) is 88.5 Å². The molecule has 0 aromatic carbocycles. The maximum Gasteiger partial charge on any atom is 0.250 e. The van der Waals surface area contributed by atoms with Crippen LogP contribution >= 0.6 is 0 Å². The summed E-state index contributed by atoms with van der Waals surface area (Å²) >= 11 is 0. The number of nitrogens with zero attached hydrogens (tertiary/aromatic N) is 3. The molecule has 0 saturated carbocycles. The highest BCUT2D eigenvalue weighted by atomic mass is 16.1. The van der Waals surface area contributed by atoms with Gasteiger partial charge in [0, 0.05) is 38.9 Å². The van der Waals surface area contributed by atoms with E-state index in [1.807, 2.05) is 6.07 Å². The predicted octanol–water partition coefficient (Wildman–Crippen LogP) is -0.349. The molecule has 0 atom stereocenters. The second-order valence-electron chi connectivity index (χ2n) is 4.74. The summed E-state index contributed by atoms with van der Waals surface area (Å²) in [6.45, 7) is 5.63. The number of pyridine rings is 1. The van der Waals surface area contributed by atoms with Crippen molar-refractivity contribution in [2.24, 2.45) is 11.5 Å². The number of carbonyl (C=O) groups is 1. The molecule has 19 heavy (non-hydrogen) atoms. The van der Waals surface area contributed by atoms with E-state index in [1.54, 1.807) is 12.3 Å². The molecule has 2 rings (SSSR count). The Bertz CT molecular complexity index is 420. The molecular formula is C13H21N5O. The van der Waals surface area contributed by atoms with Crippen LogP contribution in [-0.4, -0.2) is 55.1 Å². The Kier molecular flexibility index (Phi) is 4.70. The van der Waals surface area contributed by atoms with Crippen LogP contribution in [0.4, 0.5) is 5.82 Å². The lowest BCUT2D eigenvalue weighted by atomic mass is 10.2.